The maximum atomic E-state index is 12.8. The van der Waals surface area contributed by atoms with Crippen molar-refractivity contribution in [3.63, 3.8) is 0 Å². The van der Waals surface area contributed by atoms with E-state index < -0.39 is 0 Å². The molecule has 4 aliphatic carbocycles. The van der Waals surface area contributed by atoms with Crippen LogP contribution >= 0.6 is 24.2 Å². The third kappa shape index (κ3) is 4.34. The molecule has 1 amide bonds. The van der Waals surface area contributed by atoms with Gasteiger partial charge in [0.15, 0.2) is 0 Å². The molecule has 0 bridgehead atoms. The van der Waals surface area contributed by atoms with Crippen LogP contribution in [0.3, 0.4) is 0 Å². The molecule has 0 radical (unpaired) electrons. The second-order valence-electron chi connectivity index (χ2n) is 12.8. The minimum absolute atomic E-state index is 0.100. The molecule has 5 rings (SSSR count). The van der Waals surface area contributed by atoms with E-state index in [2.05, 4.69) is 30.8 Å². The molecule has 1 saturated heterocycles. The summed E-state index contributed by atoms with van der Waals surface area (Å²) in [5, 5.41) is 15.6. The normalized spacial score (nSPS) is 45.8. The maximum Gasteiger partial charge on any atom is 0.237 e. The maximum absolute atomic E-state index is 12.8. The summed E-state index contributed by atoms with van der Waals surface area (Å²) in [5.74, 6) is 4.25. The van der Waals surface area contributed by atoms with E-state index in [1.54, 1.807) is 16.3 Å². The van der Waals surface area contributed by atoms with Gasteiger partial charge in [0.1, 0.15) is 0 Å². The van der Waals surface area contributed by atoms with Crippen molar-refractivity contribution >= 4 is 35.1 Å². The number of hydrogen-bond acceptors (Lipinski definition) is 5. The van der Waals surface area contributed by atoms with Gasteiger partial charge in [-0.25, -0.2) is 4.31 Å². The van der Waals surface area contributed by atoms with Crippen LogP contribution in [-0.2, 0) is 4.79 Å². The number of azide groups is 1. The minimum atomic E-state index is -0.239. The van der Waals surface area contributed by atoms with Gasteiger partial charge in [0, 0.05) is 29.5 Å². The van der Waals surface area contributed by atoms with E-state index in [9.17, 15) is 9.90 Å². The molecule has 1 aliphatic heterocycles. The van der Waals surface area contributed by atoms with Crippen molar-refractivity contribution in [3.05, 3.63) is 10.4 Å². The van der Waals surface area contributed by atoms with Gasteiger partial charge in [-0.1, -0.05) is 38.1 Å². The summed E-state index contributed by atoms with van der Waals surface area (Å²) >= 11 is 6.95. The molecule has 6 unspecified atom stereocenters. The van der Waals surface area contributed by atoms with Crippen molar-refractivity contribution in [1.82, 2.24) is 4.31 Å². The molecule has 10 atom stereocenters. The number of amides is 1. The van der Waals surface area contributed by atoms with Crippen LogP contribution in [0.15, 0.2) is 5.11 Å². The SMILES string of the molecule is CC(CCC(=O)N1SCCC1=S)[C@H]1CCC2C3C(CC[C@@]21C)[C@@]1(C)CCC(N=[N+]=[N-])CC1C[C@H]3O. The third-order valence-electron chi connectivity index (χ3n) is 11.4. The number of rotatable bonds is 5. The Morgan fingerprint density at radius 2 is 1.97 bits per heavy atom. The summed E-state index contributed by atoms with van der Waals surface area (Å²) < 4.78 is 1.76. The zero-order valence-corrected chi connectivity index (χ0v) is 23.2. The zero-order valence-electron chi connectivity index (χ0n) is 21.6. The molecular weight excluding hydrogens is 476 g/mol. The van der Waals surface area contributed by atoms with Gasteiger partial charge in [-0.05, 0) is 122 Å². The average molecular weight is 519 g/mol. The van der Waals surface area contributed by atoms with Gasteiger partial charge in [-0.3, -0.25) is 4.79 Å². The van der Waals surface area contributed by atoms with Crippen molar-refractivity contribution in [3.8, 4) is 0 Å². The van der Waals surface area contributed by atoms with Crippen LogP contribution < -0.4 is 0 Å². The van der Waals surface area contributed by atoms with Crippen LogP contribution in [0.25, 0.3) is 10.4 Å². The highest BCUT2D eigenvalue weighted by atomic mass is 32.2. The van der Waals surface area contributed by atoms with Crippen molar-refractivity contribution in [2.24, 2.45) is 51.5 Å². The smallest absolute Gasteiger partial charge is 0.237 e. The predicted molar refractivity (Wildman–Crippen MR) is 144 cm³/mol. The summed E-state index contributed by atoms with van der Waals surface area (Å²) in [7, 11) is 0. The highest BCUT2D eigenvalue weighted by Gasteiger charge is 2.62. The molecule has 0 aromatic rings. The number of carbonyl (C=O) groups excluding carboxylic acids is 1. The molecule has 0 aromatic heterocycles. The van der Waals surface area contributed by atoms with Crippen LogP contribution in [0.4, 0.5) is 0 Å². The Morgan fingerprint density at radius 1 is 1.23 bits per heavy atom. The molecule has 6 nitrogen and oxygen atoms in total. The average Bonchev–Trinajstić information content (AvgIpc) is 3.41. The van der Waals surface area contributed by atoms with Crippen LogP contribution in [0, 0.1) is 46.3 Å². The standard InChI is InChI=1S/C27H42N4O2S2/c1-16(4-7-23(33)31-24(34)10-13-35-31)19-5-6-20-25-21(9-12-27(19,20)3)26(2)11-8-18(29-30-28)14-17(26)15-22(25)32/h16-22,25,32H,4-15H2,1-3H3/t16?,17?,18?,19-,20?,21?,22-,25?,26+,27-/m1/s1. The third-order valence-corrected chi connectivity index (χ3v) is 13.0. The number of aliphatic hydroxyl groups excluding tert-OH is 1. The van der Waals surface area contributed by atoms with E-state index in [1.165, 1.54) is 25.7 Å². The second kappa shape index (κ2) is 9.81. The van der Waals surface area contributed by atoms with Gasteiger partial charge in [0.05, 0.1) is 11.1 Å². The summed E-state index contributed by atoms with van der Waals surface area (Å²) in [4.78, 5) is 16.6. The van der Waals surface area contributed by atoms with Crippen molar-refractivity contribution < 1.29 is 9.90 Å². The quantitative estimate of drug-likeness (QED) is 0.141. The summed E-state index contributed by atoms with van der Waals surface area (Å²) in [6, 6.07) is 0.100. The van der Waals surface area contributed by atoms with E-state index in [0.29, 0.717) is 41.9 Å². The van der Waals surface area contributed by atoms with Gasteiger partial charge in [-0.15, -0.1) is 0 Å². The van der Waals surface area contributed by atoms with Crippen LogP contribution in [0.5, 0.6) is 0 Å². The molecule has 1 N–H and O–H groups in total. The molecule has 1 heterocycles. The molecule has 0 spiro atoms. The lowest BCUT2D eigenvalue weighted by Crippen LogP contribution is -2.58. The first-order valence-electron chi connectivity index (χ1n) is 13.9. The number of aliphatic hydroxyl groups is 1. The van der Waals surface area contributed by atoms with E-state index in [1.807, 2.05) is 0 Å². The fourth-order valence-corrected chi connectivity index (χ4v) is 11.0. The lowest BCUT2D eigenvalue weighted by atomic mass is 9.43. The topological polar surface area (TPSA) is 89.3 Å². The second-order valence-corrected chi connectivity index (χ2v) is 14.3. The molecule has 5 fully saturated rings. The van der Waals surface area contributed by atoms with Crippen LogP contribution in [-0.4, -0.2) is 38.2 Å². The highest BCUT2D eigenvalue weighted by Crippen LogP contribution is 2.68. The first kappa shape index (κ1) is 25.8. The van der Waals surface area contributed by atoms with Gasteiger partial charge in [-0.2, -0.15) is 0 Å². The Kier molecular flexibility index (Phi) is 7.24. The molecule has 0 aromatic carbocycles. The molecule has 194 valence electrons. The number of thiocarbonyl (C=S) groups is 1. The molecule has 8 heteroatoms. The van der Waals surface area contributed by atoms with E-state index in [-0.39, 0.29) is 28.9 Å². The fourth-order valence-electron chi connectivity index (χ4n) is 9.62. The number of fused-ring (bicyclic) bond motifs is 5. The summed E-state index contributed by atoms with van der Waals surface area (Å²) in [6.07, 6.45) is 10.9. The fraction of sp³-hybridized carbons (Fsp3) is 0.926. The van der Waals surface area contributed by atoms with E-state index in [4.69, 9.17) is 17.7 Å². The Hall–Kier alpha value is -0.820. The Bertz CT molecular complexity index is 910. The Labute approximate surface area is 220 Å². The molecule has 5 aliphatic rings. The number of nitrogens with zero attached hydrogens (tertiary/aromatic N) is 4. The summed E-state index contributed by atoms with van der Waals surface area (Å²) in [5.41, 5.74) is 9.45. The monoisotopic (exact) mass is 518 g/mol. The highest BCUT2D eigenvalue weighted by molar-refractivity contribution is 7.99. The van der Waals surface area contributed by atoms with Crippen molar-refractivity contribution in [1.29, 1.82) is 0 Å². The van der Waals surface area contributed by atoms with Crippen molar-refractivity contribution in [2.75, 3.05) is 5.75 Å². The first-order valence-corrected chi connectivity index (χ1v) is 15.2. The largest absolute Gasteiger partial charge is 0.393 e. The van der Waals surface area contributed by atoms with Gasteiger partial charge >= 0.3 is 0 Å². The van der Waals surface area contributed by atoms with Gasteiger partial charge in [0.25, 0.3) is 0 Å². The summed E-state index contributed by atoms with van der Waals surface area (Å²) in [6.45, 7) is 7.35. The van der Waals surface area contributed by atoms with Gasteiger partial charge in [0.2, 0.25) is 5.91 Å². The molecular formula is C27H42N4O2S2. The Morgan fingerprint density at radius 3 is 2.69 bits per heavy atom. The van der Waals surface area contributed by atoms with E-state index in [0.717, 1.165) is 49.3 Å². The number of carbonyl (C=O) groups is 1. The first-order chi connectivity index (χ1) is 16.7. The van der Waals surface area contributed by atoms with Gasteiger partial charge < -0.3 is 5.11 Å². The van der Waals surface area contributed by atoms with Crippen LogP contribution in [0.1, 0.15) is 91.4 Å². The minimum Gasteiger partial charge on any atom is -0.393 e. The number of hydrogen-bond donors (Lipinski definition) is 1. The lowest BCUT2D eigenvalue weighted by Gasteiger charge is -2.62. The lowest BCUT2D eigenvalue weighted by molar-refractivity contribution is -0.166. The molecule has 4 saturated carbocycles. The molecule has 35 heavy (non-hydrogen) atoms. The predicted octanol–water partition coefficient (Wildman–Crippen LogP) is 6.92. The van der Waals surface area contributed by atoms with Crippen molar-refractivity contribution in [2.45, 2.75) is 104 Å². The zero-order chi connectivity index (χ0) is 25.0. The Balaban J connectivity index is 1.27. The van der Waals surface area contributed by atoms with Crippen LogP contribution in [0.2, 0.25) is 0 Å². The van der Waals surface area contributed by atoms with E-state index >= 15 is 0 Å².